The predicted octanol–water partition coefficient (Wildman–Crippen LogP) is 4.56. The fourth-order valence-electron chi connectivity index (χ4n) is 3.42. The van der Waals surface area contributed by atoms with Crippen LogP contribution in [0.5, 0.6) is 0 Å². The van der Waals surface area contributed by atoms with Crippen molar-refractivity contribution in [2.24, 2.45) is 0 Å². The summed E-state index contributed by atoms with van der Waals surface area (Å²) in [6.07, 6.45) is 2.49. The van der Waals surface area contributed by atoms with Crippen LogP contribution >= 0.6 is 0 Å². The molecule has 0 aliphatic carbocycles. The Bertz CT molecular complexity index is 596. The van der Waals surface area contributed by atoms with Crippen molar-refractivity contribution < 1.29 is 0 Å². The number of nitrogens with zero attached hydrogens (tertiary/aromatic N) is 1. The summed E-state index contributed by atoms with van der Waals surface area (Å²) in [7, 11) is 0. The number of nitrogens with one attached hydrogen (secondary N) is 1. The van der Waals surface area contributed by atoms with Crippen LogP contribution in [0, 0.1) is 0 Å². The Balaban J connectivity index is 1.41. The van der Waals surface area contributed by atoms with E-state index in [1.165, 1.54) is 42.6 Å². The van der Waals surface area contributed by atoms with Gasteiger partial charge in [0.25, 0.3) is 0 Å². The summed E-state index contributed by atoms with van der Waals surface area (Å²) in [5.41, 5.74) is 4.24. The summed E-state index contributed by atoms with van der Waals surface area (Å²) in [4.78, 5) is 2.57. The van der Waals surface area contributed by atoms with Crippen molar-refractivity contribution in [1.82, 2.24) is 10.2 Å². The highest BCUT2D eigenvalue weighted by atomic mass is 15.1. The molecule has 0 radical (unpaired) electrons. The lowest BCUT2D eigenvalue weighted by atomic mass is 10.0. The van der Waals surface area contributed by atoms with E-state index in [1.54, 1.807) is 0 Å². The van der Waals surface area contributed by atoms with Crippen molar-refractivity contribution in [3.05, 3.63) is 71.3 Å². The number of hydrogen-bond acceptors (Lipinski definition) is 2. The number of rotatable bonds is 6. The van der Waals surface area contributed by atoms with E-state index in [4.69, 9.17) is 0 Å². The molecule has 2 nitrogen and oxygen atoms in total. The summed E-state index contributed by atoms with van der Waals surface area (Å²) in [6, 6.07) is 20.5. The van der Waals surface area contributed by atoms with E-state index in [2.05, 4.69) is 78.7 Å². The van der Waals surface area contributed by atoms with Crippen molar-refractivity contribution in [1.29, 1.82) is 0 Å². The maximum atomic E-state index is 3.74. The Hall–Kier alpha value is -1.64. The second-order valence-corrected chi connectivity index (χ2v) is 7.31. The molecule has 0 atom stereocenters. The Morgan fingerprint density at radius 3 is 2.21 bits per heavy atom. The maximum Gasteiger partial charge on any atom is 0.0233 e. The van der Waals surface area contributed by atoms with Gasteiger partial charge in [-0.3, -0.25) is 4.90 Å². The zero-order chi connectivity index (χ0) is 16.8. The summed E-state index contributed by atoms with van der Waals surface area (Å²) >= 11 is 0. The largest absolute Gasteiger partial charge is 0.310 e. The van der Waals surface area contributed by atoms with E-state index < -0.39 is 0 Å². The van der Waals surface area contributed by atoms with Gasteiger partial charge in [0.2, 0.25) is 0 Å². The van der Waals surface area contributed by atoms with Crippen LogP contribution in [0.4, 0.5) is 0 Å². The molecule has 0 amide bonds. The van der Waals surface area contributed by atoms with Gasteiger partial charge in [-0.15, -0.1) is 0 Å². The average Bonchev–Trinajstić information content (AvgIpc) is 2.62. The zero-order valence-electron chi connectivity index (χ0n) is 15.0. The molecule has 0 bridgehead atoms. The van der Waals surface area contributed by atoms with E-state index >= 15 is 0 Å². The van der Waals surface area contributed by atoms with Gasteiger partial charge in [-0.1, -0.05) is 68.4 Å². The molecule has 1 heterocycles. The molecule has 0 aromatic heterocycles. The van der Waals surface area contributed by atoms with Gasteiger partial charge in [0, 0.05) is 19.1 Å². The van der Waals surface area contributed by atoms with Crippen LogP contribution in [0.1, 0.15) is 49.3 Å². The molecule has 3 rings (SSSR count). The first-order chi connectivity index (χ1) is 11.7. The monoisotopic (exact) mass is 322 g/mol. The SMILES string of the molecule is CC(C)c1ccc(CNC2CCN(Cc3ccccc3)CC2)cc1. The van der Waals surface area contributed by atoms with Crippen LogP contribution in [0.15, 0.2) is 54.6 Å². The van der Waals surface area contributed by atoms with Gasteiger partial charge < -0.3 is 5.32 Å². The van der Waals surface area contributed by atoms with Crippen molar-refractivity contribution in [3.8, 4) is 0 Å². The van der Waals surface area contributed by atoms with Crippen molar-refractivity contribution >= 4 is 0 Å². The van der Waals surface area contributed by atoms with Gasteiger partial charge in [0.15, 0.2) is 0 Å². The third-order valence-electron chi connectivity index (χ3n) is 5.08. The molecule has 1 saturated heterocycles. The number of benzene rings is 2. The van der Waals surface area contributed by atoms with E-state index in [9.17, 15) is 0 Å². The minimum atomic E-state index is 0.612. The molecule has 1 aliphatic heterocycles. The van der Waals surface area contributed by atoms with Crippen LogP contribution < -0.4 is 5.32 Å². The number of likely N-dealkylation sites (tertiary alicyclic amines) is 1. The van der Waals surface area contributed by atoms with Crippen molar-refractivity contribution in [3.63, 3.8) is 0 Å². The topological polar surface area (TPSA) is 15.3 Å². The number of piperidine rings is 1. The van der Waals surface area contributed by atoms with Gasteiger partial charge in [0.1, 0.15) is 0 Å². The fourth-order valence-corrected chi connectivity index (χ4v) is 3.42. The molecule has 0 saturated carbocycles. The molecule has 128 valence electrons. The maximum absolute atomic E-state index is 3.74. The van der Waals surface area contributed by atoms with Gasteiger partial charge in [0.05, 0.1) is 0 Å². The Morgan fingerprint density at radius 2 is 1.58 bits per heavy atom. The van der Waals surface area contributed by atoms with E-state index in [0.29, 0.717) is 12.0 Å². The molecule has 1 aliphatic rings. The zero-order valence-corrected chi connectivity index (χ0v) is 15.0. The highest BCUT2D eigenvalue weighted by Gasteiger charge is 2.18. The molecule has 2 aromatic rings. The Labute approximate surface area is 146 Å². The average molecular weight is 322 g/mol. The van der Waals surface area contributed by atoms with Crippen LogP contribution in [0.3, 0.4) is 0 Å². The molecular weight excluding hydrogens is 292 g/mol. The minimum absolute atomic E-state index is 0.612. The van der Waals surface area contributed by atoms with Gasteiger partial charge in [-0.05, 0) is 48.5 Å². The molecule has 0 spiro atoms. The van der Waals surface area contributed by atoms with E-state index in [0.717, 1.165) is 13.1 Å². The normalized spacial score (nSPS) is 16.6. The third kappa shape index (κ3) is 4.93. The smallest absolute Gasteiger partial charge is 0.0233 e. The third-order valence-corrected chi connectivity index (χ3v) is 5.08. The molecule has 2 aromatic carbocycles. The van der Waals surface area contributed by atoms with Crippen LogP contribution in [-0.4, -0.2) is 24.0 Å². The molecule has 1 N–H and O–H groups in total. The van der Waals surface area contributed by atoms with Crippen LogP contribution in [0.25, 0.3) is 0 Å². The first-order valence-corrected chi connectivity index (χ1v) is 9.29. The standard InChI is InChI=1S/C22H30N2/c1-18(2)21-10-8-19(9-11-21)16-23-22-12-14-24(15-13-22)17-20-6-4-3-5-7-20/h3-11,18,22-23H,12-17H2,1-2H3. The van der Waals surface area contributed by atoms with Crippen LogP contribution in [-0.2, 0) is 13.1 Å². The fraction of sp³-hybridized carbons (Fsp3) is 0.455. The highest BCUT2D eigenvalue weighted by molar-refractivity contribution is 5.24. The second kappa shape index (κ2) is 8.46. The Morgan fingerprint density at radius 1 is 0.917 bits per heavy atom. The second-order valence-electron chi connectivity index (χ2n) is 7.31. The lowest BCUT2D eigenvalue weighted by molar-refractivity contribution is 0.190. The predicted molar refractivity (Wildman–Crippen MR) is 102 cm³/mol. The van der Waals surface area contributed by atoms with Gasteiger partial charge in [-0.25, -0.2) is 0 Å². The summed E-state index contributed by atoms with van der Waals surface area (Å²) < 4.78 is 0. The van der Waals surface area contributed by atoms with Crippen molar-refractivity contribution in [2.45, 2.75) is 51.7 Å². The van der Waals surface area contributed by atoms with E-state index in [1.807, 2.05) is 0 Å². The van der Waals surface area contributed by atoms with Gasteiger partial charge in [-0.2, -0.15) is 0 Å². The molecule has 0 unspecified atom stereocenters. The quantitative estimate of drug-likeness (QED) is 0.838. The lowest BCUT2D eigenvalue weighted by Gasteiger charge is -2.32. The summed E-state index contributed by atoms with van der Waals surface area (Å²) in [5.74, 6) is 0.612. The molecule has 24 heavy (non-hydrogen) atoms. The van der Waals surface area contributed by atoms with Crippen molar-refractivity contribution in [2.75, 3.05) is 13.1 Å². The Kier molecular flexibility index (Phi) is 6.06. The summed E-state index contributed by atoms with van der Waals surface area (Å²) in [5, 5.41) is 3.74. The van der Waals surface area contributed by atoms with E-state index in [-0.39, 0.29) is 0 Å². The van der Waals surface area contributed by atoms with Gasteiger partial charge >= 0.3 is 0 Å². The summed E-state index contributed by atoms with van der Waals surface area (Å²) in [6.45, 7) is 8.95. The van der Waals surface area contributed by atoms with Crippen LogP contribution in [0.2, 0.25) is 0 Å². The molecule has 1 fully saturated rings. The first-order valence-electron chi connectivity index (χ1n) is 9.29. The number of hydrogen-bond donors (Lipinski definition) is 1. The highest BCUT2D eigenvalue weighted by Crippen LogP contribution is 2.16. The molecular formula is C22H30N2. The lowest BCUT2D eigenvalue weighted by Crippen LogP contribution is -2.41. The first kappa shape index (κ1) is 17.2. The minimum Gasteiger partial charge on any atom is -0.310 e. The molecule has 2 heteroatoms.